The van der Waals surface area contributed by atoms with E-state index in [4.69, 9.17) is 0 Å². The first kappa shape index (κ1) is 11.8. The summed E-state index contributed by atoms with van der Waals surface area (Å²) in [6, 6.07) is 9.89. The van der Waals surface area contributed by atoms with Crippen LogP contribution in [0, 0.1) is 5.82 Å². The average molecular weight is 272 g/mol. The Balaban J connectivity index is 2.02. The summed E-state index contributed by atoms with van der Waals surface area (Å²) in [6.45, 7) is 0. The molecule has 2 heterocycles. The molecule has 0 aliphatic rings. The third-order valence-electron chi connectivity index (χ3n) is 2.71. The lowest BCUT2D eigenvalue weighted by Crippen LogP contribution is -2.10. The van der Waals surface area contributed by atoms with Crippen LogP contribution in [-0.2, 0) is 0 Å². The molecule has 2 aromatic heterocycles. The van der Waals surface area contributed by atoms with Crippen LogP contribution in [-0.4, -0.2) is 10.9 Å². The van der Waals surface area contributed by atoms with Crippen molar-refractivity contribution in [1.29, 1.82) is 0 Å². The molecule has 0 saturated carbocycles. The average Bonchev–Trinajstić information content (AvgIpc) is 2.94. The Kier molecular flexibility index (Phi) is 2.97. The first-order chi connectivity index (χ1) is 9.25. The van der Waals surface area contributed by atoms with E-state index in [2.05, 4.69) is 10.3 Å². The zero-order valence-electron chi connectivity index (χ0n) is 9.76. The van der Waals surface area contributed by atoms with Crippen LogP contribution >= 0.6 is 11.3 Å². The Morgan fingerprint density at radius 3 is 2.89 bits per heavy atom. The summed E-state index contributed by atoms with van der Waals surface area (Å²) >= 11 is 1.36. The van der Waals surface area contributed by atoms with Crippen molar-refractivity contribution >= 4 is 33.8 Å². The molecule has 0 fully saturated rings. The lowest BCUT2D eigenvalue weighted by atomic mass is 10.2. The SMILES string of the molecule is O=C(Nc1ccnc2c(F)cccc12)c1cccs1. The number of hydrogen-bond acceptors (Lipinski definition) is 3. The van der Waals surface area contributed by atoms with Gasteiger partial charge in [-0.15, -0.1) is 11.3 Å². The minimum absolute atomic E-state index is 0.202. The third-order valence-corrected chi connectivity index (χ3v) is 3.58. The number of benzene rings is 1. The molecule has 0 bridgehead atoms. The van der Waals surface area contributed by atoms with E-state index in [0.29, 0.717) is 16.0 Å². The van der Waals surface area contributed by atoms with E-state index in [-0.39, 0.29) is 11.4 Å². The van der Waals surface area contributed by atoms with Gasteiger partial charge in [0.1, 0.15) is 11.3 Å². The molecule has 0 aliphatic carbocycles. The van der Waals surface area contributed by atoms with Gasteiger partial charge in [-0.25, -0.2) is 4.39 Å². The van der Waals surface area contributed by atoms with Crippen LogP contribution in [0.4, 0.5) is 10.1 Å². The fourth-order valence-electron chi connectivity index (χ4n) is 1.84. The highest BCUT2D eigenvalue weighted by Gasteiger charge is 2.10. The number of nitrogens with one attached hydrogen (secondary N) is 1. The number of fused-ring (bicyclic) bond motifs is 1. The molecule has 3 rings (SSSR count). The molecule has 1 N–H and O–H groups in total. The van der Waals surface area contributed by atoms with Crippen LogP contribution < -0.4 is 5.32 Å². The quantitative estimate of drug-likeness (QED) is 0.773. The predicted octanol–water partition coefficient (Wildman–Crippen LogP) is 3.69. The second kappa shape index (κ2) is 4.78. The third kappa shape index (κ3) is 2.20. The molecule has 0 saturated heterocycles. The van der Waals surface area contributed by atoms with Gasteiger partial charge in [-0.1, -0.05) is 18.2 Å². The molecule has 5 heteroatoms. The van der Waals surface area contributed by atoms with Crippen LogP contribution in [0.15, 0.2) is 48.0 Å². The maximum absolute atomic E-state index is 13.6. The summed E-state index contributed by atoms with van der Waals surface area (Å²) in [5, 5.41) is 5.20. The molecule has 0 radical (unpaired) electrons. The molecule has 1 amide bonds. The topological polar surface area (TPSA) is 42.0 Å². The molecule has 0 unspecified atom stereocenters. The van der Waals surface area contributed by atoms with E-state index in [1.54, 1.807) is 24.3 Å². The van der Waals surface area contributed by atoms with Gasteiger partial charge in [0.25, 0.3) is 5.91 Å². The van der Waals surface area contributed by atoms with Gasteiger partial charge in [0.05, 0.1) is 10.6 Å². The predicted molar refractivity (Wildman–Crippen MR) is 74.0 cm³/mol. The molecule has 19 heavy (non-hydrogen) atoms. The molecule has 3 aromatic rings. The Morgan fingerprint density at radius 1 is 1.21 bits per heavy atom. The number of aromatic nitrogens is 1. The van der Waals surface area contributed by atoms with Gasteiger partial charge in [0.2, 0.25) is 0 Å². The van der Waals surface area contributed by atoms with Crippen molar-refractivity contribution < 1.29 is 9.18 Å². The highest BCUT2D eigenvalue weighted by molar-refractivity contribution is 7.12. The number of carbonyl (C=O) groups excluding carboxylic acids is 1. The van der Waals surface area contributed by atoms with E-state index in [1.165, 1.54) is 23.6 Å². The van der Waals surface area contributed by atoms with Gasteiger partial charge < -0.3 is 5.32 Å². The normalized spacial score (nSPS) is 10.6. The Morgan fingerprint density at radius 2 is 2.11 bits per heavy atom. The first-order valence-electron chi connectivity index (χ1n) is 5.64. The number of pyridine rings is 1. The number of thiophene rings is 1. The highest BCUT2D eigenvalue weighted by Crippen LogP contribution is 2.24. The van der Waals surface area contributed by atoms with Crippen molar-refractivity contribution in [3.8, 4) is 0 Å². The maximum Gasteiger partial charge on any atom is 0.265 e. The first-order valence-corrected chi connectivity index (χ1v) is 6.52. The van der Waals surface area contributed by atoms with Crippen molar-refractivity contribution in [2.24, 2.45) is 0 Å². The minimum atomic E-state index is -0.398. The van der Waals surface area contributed by atoms with E-state index >= 15 is 0 Å². The van der Waals surface area contributed by atoms with E-state index in [0.717, 1.165) is 0 Å². The van der Waals surface area contributed by atoms with Crippen molar-refractivity contribution in [3.05, 3.63) is 58.7 Å². The number of rotatable bonds is 2. The number of amides is 1. The van der Waals surface area contributed by atoms with Crippen LogP contribution in [0.5, 0.6) is 0 Å². The zero-order valence-corrected chi connectivity index (χ0v) is 10.6. The van der Waals surface area contributed by atoms with Crippen molar-refractivity contribution in [2.45, 2.75) is 0 Å². The minimum Gasteiger partial charge on any atom is -0.321 e. The smallest absolute Gasteiger partial charge is 0.265 e. The van der Waals surface area contributed by atoms with Gasteiger partial charge in [-0.05, 0) is 23.6 Å². The number of nitrogens with zero attached hydrogens (tertiary/aromatic N) is 1. The number of hydrogen-bond donors (Lipinski definition) is 1. The number of halogens is 1. The van der Waals surface area contributed by atoms with Gasteiger partial charge in [0.15, 0.2) is 0 Å². The van der Waals surface area contributed by atoms with Crippen molar-refractivity contribution in [2.75, 3.05) is 5.32 Å². The van der Waals surface area contributed by atoms with Crippen molar-refractivity contribution in [3.63, 3.8) is 0 Å². The van der Waals surface area contributed by atoms with Gasteiger partial charge in [-0.3, -0.25) is 9.78 Å². The molecule has 3 nitrogen and oxygen atoms in total. The van der Waals surface area contributed by atoms with Crippen LogP contribution in [0.3, 0.4) is 0 Å². The summed E-state index contributed by atoms with van der Waals surface area (Å²) in [5.74, 6) is -0.600. The second-order valence-electron chi connectivity index (χ2n) is 3.93. The fraction of sp³-hybridized carbons (Fsp3) is 0. The molecule has 1 aromatic carbocycles. The lowest BCUT2D eigenvalue weighted by Gasteiger charge is -2.07. The van der Waals surface area contributed by atoms with E-state index < -0.39 is 5.82 Å². The summed E-state index contributed by atoms with van der Waals surface area (Å²) in [5.41, 5.74) is 0.814. The second-order valence-corrected chi connectivity index (χ2v) is 4.87. The molecular weight excluding hydrogens is 263 g/mol. The molecule has 94 valence electrons. The molecule has 0 spiro atoms. The number of anilines is 1. The largest absolute Gasteiger partial charge is 0.321 e. The number of para-hydroxylation sites is 1. The fourth-order valence-corrected chi connectivity index (χ4v) is 2.46. The van der Waals surface area contributed by atoms with E-state index in [1.807, 2.05) is 11.4 Å². The molecular formula is C14H9FN2OS. The Labute approximate surface area is 112 Å². The summed E-state index contributed by atoms with van der Waals surface area (Å²) in [7, 11) is 0. The Hall–Kier alpha value is -2.27. The standard InChI is InChI=1S/C14H9FN2OS/c15-10-4-1-3-9-11(6-7-16-13(9)10)17-14(18)12-5-2-8-19-12/h1-8H,(H,16,17,18). The van der Waals surface area contributed by atoms with Crippen LogP contribution in [0.25, 0.3) is 10.9 Å². The lowest BCUT2D eigenvalue weighted by molar-refractivity contribution is 0.103. The van der Waals surface area contributed by atoms with Crippen molar-refractivity contribution in [1.82, 2.24) is 4.98 Å². The summed E-state index contributed by atoms with van der Waals surface area (Å²) in [6.07, 6.45) is 1.48. The molecule has 0 aliphatic heterocycles. The summed E-state index contributed by atoms with van der Waals surface area (Å²) < 4.78 is 13.6. The number of carbonyl (C=O) groups is 1. The molecule has 0 atom stereocenters. The van der Waals surface area contributed by atoms with Gasteiger partial charge in [-0.2, -0.15) is 0 Å². The zero-order chi connectivity index (χ0) is 13.2. The van der Waals surface area contributed by atoms with Gasteiger partial charge >= 0.3 is 0 Å². The highest BCUT2D eigenvalue weighted by atomic mass is 32.1. The van der Waals surface area contributed by atoms with Crippen LogP contribution in [0.2, 0.25) is 0 Å². The Bertz CT molecular complexity index is 740. The van der Waals surface area contributed by atoms with Crippen LogP contribution in [0.1, 0.15) is 9.67 Å². The van der Waals surface area contributed by atoms with E-state index in [9.17, 15) is 9.18 Å². The van der Waals surface area contributed by atoms with Gasteiger partial charge in [0, 0.05) is 11.6 Å². The summed E-state index contributed by atoms with van der Waals surface area (Å²) in [4.78, 5) is 16.6. The monoisotopic (exact) mass is 272 g/mol. The maximum atomic E-state index is 13.6.